The maximum atomic E-state index is 9.44. The molecule has 37 heavy (non-hydrogen) atoms. The Hall–Kier alpha value is -5.27. The van der Waals surface area contributed by atoms with Crippen LogP contribution in [-0.2, 0) is 0 Å². The summed E-state index contributed by atoms with van der Waals surface area (Å²) in [6, 6.07) is 39.8. The van der Waals surface area contributed by atoms with Crippen LogP contribution < -0.4 is 0 Å². The molecular formula is C33H19N3O. The van der Waals surface area contributed by atoms with Gasteiger partial charge in [-0.3, -0.25) is 0 Å². The number of benzene rings is 5. The van der Waals surface area contributed by atoms with Crippen LogP contribution in [0.4, 0.5) is 0 Å². The van der Waals surface area contributed by atoms with Crippen LogP contribution in [0.2, 0.25) is 0 Å². The Morgan fingerprint density at radius 1 is 0.622 bits per heavy atom. The van der Waals surface area contributed by atoms with E-state index < -0.39 is 0 Å². The lowest BCUT2D eigenvalue weighted by atomic mass is 10.1. The fourth-order valence-corrected chi connectivity index (χ4v) is 5.74. The Bertz CT molecular complexity index is 2200. The maximum Gasteiger partial charge on any atom is 0.135 e. The molecule has 0 radical (unpaired) electrons. The van der Waals surface area contributed by atoms with Crippen molar-refractivity contribution in [2.75, 3.05) is 0 Å². The van der Waals surface area contributed by atoms with Gasteiger partial charge in [0.15, 0.2) is 0 Å². The molecule has 0 saturated heterocycles. The number of para-hydroxylation sites is 2. The summed E-state index contributed by atoms with van der Waals surface area (Å²) in [6.07, 6.45) is 2.15. The van der Waals surface area contributed by atoms with Crippen LogP contribution in [-0.4, -0.2) is 9.13 Å². The van der Waals surface area contributed by atoms with E-state index in [1.807, 2.05) is 24.3 Å². The van der Waals surface area contributed by atoms with Gasteiger partial charge in [0.25, 0.3) is 0 Å². The second-order valence-corrected chi connectivity index (χ2v) is 9.38. The molecule has 172 valence electrons. The molecule has 0 atom stereocenters. The fraction of sp³-hybridized carbons (Fsp3) is 0. The molecule has 8 rings (SSSR count). The van der Waals surface area contributed by atoms with E-state index in [1.54, 1.807) is 6.07 Å². The molecular weight excluding hydrogens is 454 g/mol. The first kappa shape index (κ1) is 20.0. The molecule has 0 aliphatic heterocycles. The monoisotopic (exact) mass is 473 g/mol. The lowest BCUT2D eigenvalue weighted by Gasteiger charge is -2.09. The number of nitriles is 1. The van der Waals surface area contributed by atoms with Gasteiger partial charge in [0.1, 0.15) is 11.2 Å². The van der Waals surface area contributed by atoms with Gasteiger partial charge in [-0.15, -0.1) is 0 Å². The van der Waals surface area contributed by atoms with Crippen molar-refractivity contribution >= 4 is 54.6 Å². The number of aromatic nitrogens is 2. The van der Waals surface area contributed by atoms with E-state index >= 15 is 0 Å². The van der Waals surface area contributed by atoms with Gasteiger partial charge in [-0.2, -0.15) is 5.26 Å². The first-order valence-electron chi connectivity index (χ1n) is 12.3. The lowest BCUT2D eigenvalue weighted by Crippen LogP contribution is -1.94. The highest BCUT2D eigenvalue weighted by Crippen LogP contribution is 2.39. The van der Waals surface area contributed by atoms with E-state index in [1.165, 1.54) is 21.7 Å². The predicted molar refractivity (Wildman–Crippen MR) is 150 cm³/mol. The Labute approximate surface area is 211 Å². The summed E-state index contributed by atoms with van der Waals surface area (Å²) in [4.78, 5) is 0. The summed E-state index contributed by atoms with van der Waals surface area (Å²) in [6.45, 7) is 0. The van der Waals surface area contributed by atoms with Crippen LogP contribution in [0.25, 0.3) is 66.0 Å². The van der Waals surface area contributed by atoms with E-state index in [0.29, 0.717) is 5.56 Å². The van der Waals surface area contributed by atoms with Gasteiger partial charge in [0, 0.05) is 44.5 Å². The van der Waals surface area contributed by atoms with E-state index in [0.717, 1.165) is 44.3 Å². The smallest absolute Gasteiger partial charge is 0.135 e. The van der Waals surface area contributed by atoms with Crippen molar-refractivity contribution in [2.24, 2.45) is 0 Å². The Morgan fingerprint density at radius 3 is 2.27 bits per heavy atom. The van der Waals surface area contributed by atoms with E-state index in [4.69, 9.17) is 4.42 Å². The third-order valence-electron chi connectivity index (χ3n) is 7.36. The molecule has 0 aliphatic rings. The third kappa shape index (κ3) is 2.77. The van der Waals surface area contributed by atoms with Crippen molar-refractivity contribution in [3.63, 3.8) is 0 Å². The summed E-state index contributed by atoms with van der Waals surface area (Å²) in [5.74, 6) is 0. The van der Waals surface area contributed by atoms with Crippen LogP contribution in [0, 0.1) is 11.3 Å². The van der Waals surface area contributed by atoms with E-state index in [-0.39, 0.29) is 0 Å². The molecule has 3 heterocycles. The standard InChI is InChI=1S/C33H19N3O/c34-20-21-10-14-30-26(18-21)27-19-24(12-15-31(27)37-30)36-28-9-5-4-8-25(28)32-29(36)13-11-22-16-17-35(33(22)32)23-6-2-1-3-7-23/h1-19H. The highest BCUT2D eigenvalue weighted by atomic mass is 16.3. The molecule has 0 N–H and O–H groups in total. The predicted octanol–water partition coefficient (Wildman–Crippen LogP) is 8.50. The second-order valence-electron chi connectivity index (χ2n) is 9.38. The quantitative estimate of drug-likeness (QED) is 0.253. The van der Waals surface area contributed by atoms with Gasteiger partial charge in [0.2, 0.25) is 0 Å². The topological polar surface area (TPSA) is 46.8 Å². The summed E-state index contributed by atoms with van der Waals surface area (Å²) in [5, 5.41) is 15.0. The third-order valence-corrected chi connectivity index (χ3v) is 7.36. The Kier molecular flexibility index (Phi) is 3.98. The van der Waals surface area contributed by atoms with Gasteiger partial charge in [0.05, 0.1) is 28.2 Å². The molecule has 0 amide bonds. The first-order valence-corrected chi connectivity index (χ1v) is 12.3. The molecule has 5 aromatic carbocycles. The number of nitrogens with zero attached hydrogens (tertiary/aromatic N) is 3. The maximum absolute atomic E-state index is 9.44. The molecule has 4 heteroatoms. The summed E-state index contributed by atoms with van der Waals surface area (Å²) in [5.41, 5.74) is 7.92. The van der Waals surface area contributed by atoms with Crippen molar-refractivity contribution < 1.29 is 4.42 Å². The number of hydrogen-bond donors (Lipinski definition) is 0. The summed E-state index contributed by atoms with van der Waals surface area (Å²) in [7, 11) is 0. The van der Waals surface area contributed by atoms with Crippen LogP contribution in [0.5, 0.6) is 0 Å². The van der Waals surface area contributed by atoms with E-state index in [2.05, 4.69) is 100 Å². The van der Waals surface area contributed by atoms with Crippen molar-refractivity contribution in [1.82, 2.24) is 9.13 Å². The fourth-order valence-electron chi connectivity index (χ4n) is 5.74. The van der Waals surface area contributed by atoms with Crippen LogP contribution in [0.3, 0.4) is 0 Å². The first-order chi connectivity index (χ1) is 18.3. The van der Waals surface area contributed by atoms with E-state index in [9.17, 15) is 5.26 Å². The van der Waals surface area contributed by atoms with Crippen molar-refractivity contribution in [3.05, 3.63) is 121 Å². The molecule has 3 aromatic heterocycles. The molecule has 0 bridgehead atoms. The number of rotatable bonds is 2. The zero-order valence-electron chi connectivity index (χ0n) is 19.7. The van der Waals surface area contributed by atoms with Crippen LogP contribution in [0.1, 0.15) is 5.56 Å². The van der Waals surface area contributed by atoms with Gasteiger partial charge < -0.3 is 13.6 Å². The normalized spacial score (nSPS) is 11.8. The zero-order chi connectivity index (χ0) is 24.5. The lowest BCUT2D eigenvalue weighted by molar-refractivity contribution is 0.669. The minimum absolute atomic E-state index is 0.626. The number of fused-ring (bicyclic) bond motifs is 8. The highest BCUT2D eigenvalue weighted by Gasteiger charge is 2.18. The van der Waals surface area contributed by atoms with Crippen molar-refractivity contribution in [3.8, 4) is 17.4 Å². The molecule has 4 nitrogen and oxygen atoms in total. The molecule has 8 aromatic rings. The summed E-state index contributed by atoms with van der Waals surface area (Å²) >= 11 is 0. The SMILES string of the molecule is N#Cc1ccc2oc3ccc(-n4c5ccccc5c5c6c(ccc54)ccn6-c4ccccc4)cc3c2c1. The van der Waals surface area contributed by atoms with Crippen LogP contribution in [0.15, 0.2) is 120 Å². The highest BCUT2D eigenvalue weighted by molar-refractivity contribution is 6.21. The molecule has 0 fully saturated rings. The van der Waals surface area contributed by atoms with Gasteiger partial charge in [-0.05, 0) is 66.7 Å². The zero-order valence-corrected chi connectivity index (χ0v) is 19.7. The summed E-state index contributed by atoms with van der Waals surface area (Å²) < 4.78 is 10.7. The van der Waals surface area contributed by atoms with Crippen LogP contribution >= 0.6 is 0 Å². The van der Waals surface area contributed by atoms with Gasteiger partial charge >= 0.3 is 0 Å². The number of hydrogen-bond acceptors (Lipinski definition) is 2. The number of furan rings is 1. The van der Waals surface area contributed by atoms with Gasteiger partial charge in [-0.1, -0.05) is 42.5 Å². The molecule has 0 saturated carbocycles. The molecule has 0 unspecified atom stereocenters. The van der Waals surface area contributed by atoms with Crippen molar-refractivity contribution in [2.45, 2.75) is 0 Å². The van der Waals surface area contributed by atoms with Crippen molar-refractivity contribution in [1.29, 1.82) is 5.26 Å². The Morgan fingerprint density at radius 2 is 1.41 bits per heavy atom. The molecule has 0 spiro atoms. The minimum atomic E-state index is 0.626. The minimum Gasteiger partial charge on any atom is -0.456 e. The average Bonchev–Trinajstić information content (AvgIpc) is 3.64. The Balaban J connectivity index is 1.48. The van der Waals surface area contributed by atoms with Gasteiger partial charge in [-0.25, -0.2) is 0 Å². The second kappa shape index (κ2) is 7.36. The largest absolute Gasteiger partial charge is 0.456 e. The average molecular weight is 474 g/mol. The molecule has 0 aliphatic carbocycles.